The van der Waals surface area contributed by atoms with E-state index in [9.17, 15) is 14.4 Å². The molecule has 0 fully saturated rings. The summed E-state index contributed by atoms with van der Waals surface area (Å²) in [5.74, 6) is -1.68. The molecule has 0 saturated heterocycles. The summed E-state index contributed by atoms with van der Waals surface area (Å²) in [5, 5.41) is 0. The lowest BCUT2D eigenvalue weighted by molar-refractivity contribution is -0.156. The fourth-order valence-corrected chi connectivity index (χ4v) is 0.416. The maximum atomic E-state index is 10.6. The molecule has 5 heteroatoms. The molecular formula is C7H8O5. The van der Waals surface area contributed by atoms with Gasteiger partial charge in [-0.3, -0.25) is 14.4 Å². The van der Waals surface area contributed by atoms with E-state index >= 15 is 0 Å². The third-order valence-electron chi connectivity index (χ3n) is 0.830. The van der Waals surface area contributed by atoms with Gasteiger partial charge in [0.15, 0.2) is 0 Å². The summed E-state index contributed by atoms with van der Waals surface area (Å²) in [7, 11) is 0. The van der Waals surface area contributed by atoms with Gasteiger partial charge in [0.1, 0.15) is 13.0 Å². The Bertz CT molecular complexity index is 196. The molecule has 0 aromatic heterocycles. The summed E-state index contributed by atoms with van der Waals surface area (Å²) < 4.78 is 8.28. The highest BCUT2D eigenvalue weighted by molar-refractivity contribution is 5.93. The van der Waals surface area contributed by atoms with Crippen molar-refractivity contribution in [3.8, 4) is 0 Å². The van der Waals surface area contributed by atoms with E-state index in [4.69, 9.17) is 0 Å². The van der Waals surface area contributed by atoms with E-state index in [-0.39, 0.29) is 13.1 Å². The first-order valence-electron chi connectivity index (χ1n) is 3.10. The van der Waals surface area contributed by atoms with Crippen LogP contribution in [0.5, 0.6) is 0 Å². The summed E-state index contributed by atoms with van der Waals surface area (Å²) in [6, 6.07) is 0. The number of rotatable bonds is 5. The van der Waals surface area contributed by atoms with E-state index in [1.54, 1.807) is 0 Å². The second kappa shape index (κ2) is 6.09. The zero-order valence-electron chi connectivity index (χ0n) is 6.32. The van der Waals surface area contributed by atoms with Crippen LogP contribution >= 0.6 is 0 Å². The molecule has 12 heavy (non-hydrogen) atoms. The van der Waals surface area contributed by atoms with Gasteiger partial charge in [-0.1, -0.05) is 12.7 Å². The summed E-state index contributed by atoms with van der Waals surface area (Å²) in [4.78, 5) is 30.6. The Morgan fingerprint density at radius 1 is 1.33 bits per heavy atom. The molecule has 5 nitrogen and oxygen atoms in total. The lowest BCUT2D eigenvalue weighted by Gasteiger charge is -1.98. The Morgan fingerprint density at radius 2 is 2.00 bits per heavy atom. The minimum absolute atomic E-state index is 0.0349. The molecule has 0 bridgehead atoms. The van der Waals surface area contributed by atoms with Crippen molar-refractivity contribution >= 4 is 18.4 Å². The van der Waals surface area contributed by atoms with E-state index in [1.807, 2.05) is 0 Å². The van der Waals surface area contributed by atoms with Crippen molar-refractivity contribution < 1.29 is 23.9 Å². The monoisotopic (exact) mass is 172 g/mol. The van der Waals surface area contributed by atoms with Crippen molar-refractivity contribution in [1.29, 1.82) is 0 Å². The molecule has 0 rings (SSSR count). The van der Waals surface area contributed by atoms with Crippen LogP contribution in [0.25, 0.3) is 0 Å². The topological polar surface area (TPSA) is 69.7 Å². The van der Waals surface area contributed by atoms with Gasteiger partial charge in [0, 0.05) is 0 Å². The van der Waals surface area contributed by atoms with Gasteiger partial charge in [0.2, 0.25) is 0 Å². The third kappa shape index (κ3) is 5.16. The number of carbonyl (C=O) groups is 3. The molecule has 0 radical (unpaired) electrons. The molecule has 0 spiro atoms. The zero-order chi connectivity index (χ0) is 9.40. The predicted octanol–water partition coefficient (Wildman–Crippen LogP) is -0.195. The van der Waals surface area contributed by atoms with Gasteiger partial charge in [-0.15, -0.1) is 0 Å². The second-order valence-electron chi connectivity index (χ2n) is 1.73. The molecule has 66 valence electrons. The summed E-state index contributed by atoms with van der Waals surface area (Å²) in [5.41, 5.74) is 0. The first-order chi connectivity index (χ1) is 5.70. The number of hydrogen-bond acceptors (Lipinski definition) is 5. The van der Waals surface area contributed by atoms with Crippen LogP contribution in [0.15, 0.2) is 12.7 Å². The quantitative estimate of drug-likeness (QED) is 0.249. The summed E-state index contributed by atoms with van der Waals surface area (Å²) >= 11 is 0. The van der Waals surface area contributed by atoms with Crippen LogP contribution in [-0.4, -0.2) is 25.0 Å². The predicted molar refractivity (Wildman–Crippen MR) is 37.9 cm³/mol. The van der Waals surface area contributed by atoms with Gasteiger partial charge < -0.3 is 9.47 Å². The van der Waals surface area contributed by atoms with Gasteiger partial charge in [-0.25, -0.2) is 0 Å². The average Bonchev–Trinajstić information content (AvgIpc) is 2.01. The maximum absolute atomic E-state index is 10.6. The van der Waals surface area contributed by atoms with Crippen LogP contribution in [0.3, 0.4) is 0 Å². The van der Waals surface area contributed by atoms with Crippen LogP contribution < -0.4 is 0 Å². The van der Waals surface area contributed by atoms with Crippen molar-refractivity contribution in [3.05, 3.63) is 12.7 Å². The molecule has 0 aliphatic carbocycles. The van der Waals surface area contributed by atoms with Crippen LogP contribution in [-0.2, 0) is 23.9 Å². The van der Waals surface area contributed by atoms with Gasteiger partial charge in [0.05, 0.1) is 0 Å². The fraction of sp³-hybridized carbons (Fsp3) is 0.286. The Morgan fingerprint density at radius 3 is 2.50 bits per heavy atom. The van der Waals surface area contributed by atoms with E-state index in [1.165, 1.54) is 6.08 Å². The van der Waals surface area contributed by atoms with Crippen LogP contribution in [0.2, 0.25) is 0 Å². The molecule has 0 aromatic carbocycles. The lowest BCUT2D eigenvalue weighted by Crippen LogP contribution is -2.13. The van der Waals surface area contributed by atoms with Crippen LogP contribution in [0.1, 0.15) is 6.42 Å². The van der Waals surface area contributed by atoms with E-state index in [2.05, 4.69) is 16.1 Å². The summed E-state index contributed by atoms with van der Waals surface area (Å²) in [6.07, 6.45) is 0.801. The number of carbonyl (C=O) groups excluding carboxylic acids is 3. The standard InChI is InChI=1S/C7H8O5/c1-2-3-11-6(9)4-7(10)12-5-8/h2,5H,1,3-4H2. The van der Waals surface area contributed by atoms with Crippen molar-refractivity contribution in [2.45, 2.75) is 6.42 Å². The van der Waals surface area contributed by atoms with Crippen molar-refractivity contribution in [3.63, 3.8) is 0 Å². The minimum Gasteiger partial charge on any atom is -0.461 e. The van der Waals surface area contributed by atoms with Crippen molar-refractivity contribution in [2.75, 3.05) is 6.61 Å². The molecule has 0 aliphatic rings. The molecule has 0 amide bonds. The molecule has 0 aliphatic heterocycles. The van der Waals surface area contributed by atoms with E-state index in [0.29, 0.717) is 0 Å². The highest BCUT2D eigenvalue weighted by atomic mass is 16.6. The first-order valence-corrected chi connectivity index (χ1v) is 3.10. The Hall–Kier alpha value is -1.65. The average molecular weight is 172 g/mol. The molecule has 0 heterocycles. The highest BCUT2D eigenvalue weighted by Gasteiger charge is 2.10. The smallest absolute Gasteiger partial charge is 0.324 e. The molecule has 0 N–H and O–H groups in total. The summed E-state index contributed by atoms with van der Waals surface area (Å²) in [6.45, 7) is 3.29. The van der Waals surface area contributed by atoms with Crippen molar-refractivity contribution in [2.24, 2.45) is 0 Å². The Kier molecular flexibility index (Phi) is 5.25. The van der Waals surface area contributed by atoms with E-state index in [0.717, 1.165) is 0 Å². The number of hydrogen-bond donors (Lipinski definition) is 0. The van der Waals surface area contributed by atoms with Gasteiger partial charge >= 0.3 is 18.4 Å². The largest absolute Gasteiger partial charge is 0.461 e. The van der Waals surface area contributed by atoms with Gasteiger partial charge in [-0.2, -0.15) is 0 Å². The lowest BCUT2D eigenvalue weighted by atomic mass is 10.4. The highest BCUT2D eigenvalue weighted by Crippen LogP contribution is 1.89. The molecule has 0 atom stereocenters. The Balaban J connectivity index is 3.60. The molecular weight excluding hydrogens is 164 g/mol. The SMILES string of the molecule is C=CCOC(=O)CC(=O)OC=O. The van der Waals surface area contributed by atoms with Crippen molar-refractivity contribution in [1.82, 2.24) is 0 Å². The normalized spacial score (nSPS) is 8.33. The fourth-order valence-electron chi connectivity index (χ4n) is 0.416. The van der Waals surface area contributed by atoms with Crippen LogP contribution in [0, 0.1) is 0 Å². The first kappa shape index (κ1) is 10.3. The van der Waals surface area contributed by atoms with Gasteiger partial charge in [-0.05, 0) is 0 Å². The maximum Gasteiger partial charge on any atom is 0.324 e. The molecule has 0 unspecified atom stereocenters. The van der Waals surface area contributed by atoms with Gasteiger partial charge in [0.25, 0.3) is 0 Å². The van der Waals surface area contributed by atoms with Crippen LogP contribution in [0.4, 0.5) is 0 Å². The zero-order valence-corrected chi connectivity index (χ0v) is 6.32. The molecule has 0 saturated carbocycles. The number of ether oxygens (including phenoxy) is 2. The Labute approximate surface area is 69.0 Å². The van der Waals surface area contributed by atoms with E-state index < -0.39 is 18.4 Å². The second-order valence-corrected chi connectivity index (χ2v) is 1.73. The minimum atomic E-state index is -0.931. The third-order valence-corrected chi connectivity index (χ3v) is 0.830. The number of esters is 2. The molecule has 0 aromatic rings.